The van der Waals surface area contributed by atoms with Crippen LogP contribution in [0.3, 0.4) is 0 Å². The molecule has 1 fully saturated rings. The van der Waals surface area contributed by atoms with Crippen molar-refractivity contribution in [3.05, 3.63) is 55.4 Å². The van der Waals surface area contributed by atoms with Gasteiger partial charge in [0.25, 0.3) is 0 Å². The standard InChI is InChI=1S/C25H28N12O/c1-4-21(38)29-16-5-6-18-19(11-16)31-20(30-18)13-26-23-22-24(37(15-27-22)17-12-28-35(3)14-17)33-25(32-23)36-9-7-34(2)8-10-36/h4-6,11-12,14-15H,1,7-10,13H2,2-3H3,(H,29,38)(H,30,31)(H,26,32,33). The van der Waals surface area contributed by atoms with Crippen molar-refractivity contribution in [2.24, 2.45) is 7.05 Å². The van der Waals surface area contributed by atoms with Gasteiger partial charge in [0.1, 0.15) is 12.2 Å². The number of carbonyl (C=O) groups is 1. The molecule has 1 saturated heterocycles. The van der Waals surface area contributed by atoms with Gasteiger partial charge in [0.15, 0.2) is 17.0 Å². The van der Waals surface area contributed by atoms with Gasteiger partial charge in [-0.3, -0.25) is 14.0 Å². The number of carbonyl (C=O) groups excluding carboxylic acids is 1. The molecular weight excluding hydrogens is 484 g/mol. The van der Waals surface area contributed by atoms with E-state index in [0.717, 1.165) is 48.7 Å². The highest BCUT2D eigenvalue weighted by molar-refractivity contribution is 6.00. The van der Waals surface area contributed by atoms with Gasteiger partial charge in [-0.25, -0.2) is 9.97 Å². The van der Waals surface area contributed by atoms with Gasteiger partial charge in [0.05, 0.1) is 29.5 Å². The lowest BCUT2D eigenvalue weighted by atomic mass is 10.3. The van der Waals surface area contributed by atoms with E-state index >= 15 is 0 Å². The molecule has 5 heterocycles. The molecule has 0 unspecified atom stereocenters. The number of anilines is 3. The normalized spacial score (nSPS) is 14.3. The summed E-state index contributed by atoms with van der Waals surface area (Å²) in [7, 11) is 4.00. The molecule has 3 N–H and O–H groups in total. The smallest absolute Gasteiger partial charge is 0.247 e. The van der Waals surface area contributed by atoms with Crippen molar-refractivity contribution >= 4 is 45.6 Å². The van der Waals surface area contributed by atoms with E-state index in [1.54, 1.807) is 17.2 Å². The van der Waals surface area contributed by atoms with Crippen molar-refractivity contribution in [3.8, 4) is 5.69 Å². The number of hydrogen-bond donors (Lipinski definition) is 3. The number of imidazole rings is 2. The zero-order valence-electron chi connectivity index (χ0n) is 21.2. The Morgan fingerprint density at radius 3 is 2.76 bits per heavy atom. The second kappa shape index (κ2) is 9.59. The highest BCUT2D eigenvalue weighted by Gasteiger charge is 2.21. The Hall–Kier alpha value is -4.78. The first kappa shape index (κ1) is 23.6. The summed E-state index contributed by atoms with van der Waals surface area (Å²) in [6.07, 6.45) is 6.69. The zero-order valence-corrected chi connectivity index (χ0v) is 21.2. The number of hydrogen-bond acceptors (Lipinski definition) is 9. The van der Waals surface area contributed by atoms with Gasteiger partial charge in [0.2, 0.25) is 11.9 Å². The second-order valence-corrected chi connectivity index (χ2v) is 9.28. The van der Waals surface area contributed by atoms with Gasteiger partial charge in [-0.05, 0) is 31.3 Å². The molecule has 1 amide bonds. The quantitative estimate of drug-likeness (QED) is 0.279. The lowest BCUT2D eigenvalue weighted by Gasteiger charge is -2.32. The Kier molecular flexibility index (Phi) is 5.96. The van der Waals surface area contributed by atoms with Crippen LogP contribution in [0.1, 0.15) is 5.82 Å². The van der Waals surface area contributed by atoms with E-state index in [1.807, 2.05) is 36.0 Å². The fraction of sp³-hybridized carbons (Fsp3) is 0.280. The Bertz CT molecular complexity index is 1640. The largest absolute Gasteiger partial charge is 0.361 e. The number of aromatic amines is 1. The first-order valence-corrected chi connectivity index (χ1v) is 12.3. The van der Waals surface area contributed by atoms with E-state index < -0.39 is 0 Å². The van der Waals surface area contributed by atoms with E-state index in [0.29, 0.717) is 35.2 Å². The van der Waals surface area contributed by atoms with Gasteiger partial charge in [0, 0.05) is 45.1 Å². The van der Waals surface area contributed by atoms with E-state index in [9.17, 15) is 4.79 Å². The van der Waals surface area contributed by atoms with Crippen LogP contribution in [0.15, 0.2) is 49.6 Å². The molecule has 4 aromatic heterocycles. The van der Waals surface area contributed by atoms with Crippen LogP contribution in [0.5, 0.6) is 0 Å². The number of likely N-dealkylation sites (N-methyl/N-ethyl adjacent to an activating group) is 1. The predicted octanol–water partition coefficient (Wildman–Crippen LogP) is 1.91. The number of nitrogens with zero attached hydrogens (tertiary/aromatic N) is 9. The Labute approximate surface area is 218 Å². The summed E-state index contributed by atoms with van der Waals surface area (Å²) in [6.45, 7) is 7.47. The van der Waals surface area contributed by atoms with Crippen molar-refractivity contribution in [1.29, 1.82) is 0 Å². The van der Waals surface area contributed by atoms with Crippen LogP contribution in [0.25, 0.3) is 27.9 Å². The molecule has 0 spiro atoms. The van der Waals surface area contributed by atoms with Gasteiger partial charge in [-0.15, -0.1) is 0 Å². The molecule has 0 saturated carbocycles. The van der Waals surface area contributed by atoms with Crippen LogP contribution in [-0.2, 0) is 18.4 Å². The third-order valence-electron chi connectivity index (χ3n) is 6.55. The maximum atomic E-state index is 11.6. The van der Waals surface area contributed by atoms with Crippen LogP contribution in [0, 0.1) is 0 Å². The SMILES string of the molecule is C=CC(=O)Nc1ccc2[nH]c(CNc3nc(N4CCN(C)CC4)nc4c3ncn4-c3cnn(C)c3)nc2c1. The van der Waals surface area contributed by atoms with Crippen molar-refractivity contribution < 1.29 is 4.79 Å². The minimum atomic E-state index is -0.267. The summed E-state index contributed by atoms with van der Waals surface area (Å²) in [4.78, 5) is 38.6. The highest BCUT2D eigenvalue weighted by Crippen LogP contribution is 2.26. The second-order valence-electron chi connectivity index (χ2n) is 9.28. The maximum Gasteiger partial charge on any atom is 0.247 e. The number of piperazine rings is 1. The summed E-state index contributed by atoms with van der Waals surface area (Å²) < 4.78 is 3.67. The van der Waals surface area contributed by atoms with Crippen LogP contribution in [0.4, 0.5) is 17.5 Å². The topological polar surface area (TPSA) is 138 Å². The Morgan fingerprint density at radius 1 is 1.16 bits per heavy atom. The van der Waals surface area contributed by atoms with Crippen LogP contribution in [-0.4, -0.2) is 83.3 Å². The molecule has 0 aliphatic carbocycles. The molecular formula is C25H28N12O. The predicted molar refractivity (Wildman–Crippen MR) is 145 cm³/mol. The van der Waals surface area contributed by atoms with E-state index in [-0.39, 0.29) is 5.91 Å². The van der Waals surface area contributed by atoms with E-state index in [2.05, 4.69) is 54.1 Å². The minimum Gasteiger partial charge on any atom is -0.361 e. The molecule has 13 heteroatoms. The number of aryl methyl sites for hydroxylation is 1. The molecule has 38 heavy (non-hydrogen) atoms. The molecule has 0 bridgehead atoms. The van der Waals surface area contributed by atoms with Crippen molar-refractivity contribution in [2.75, 3.05) is 48.8 Å². The van der Waals surface area contributed by atoms with Gasteiger partial charge in [-0.2, -0.15) is 15.1 Å². The molecule has 0 radical (unpaired) electrons. The number of H-pyrrole nitrogens is 1. The summed E-state index contributed by atoms with van der Waals surface area (Å²) in [5.74, 6) is 1.75. The summed E-state index contributed by atoms with van der Waals surface area (Å²) >= 11 is 0. The Balaban J connectivity index is 1.32. The fourth-order valence-electron chi connectivity index (χ4n) is 4.46. The average Bonchev–Trinajstić information content (AvgIpc) is 3.65. The van der Waals surface area contributed by atoms with Crippen molar-refractivity contribution in [3.63, 3.8) is 0 Å². The van der Waals surface area contributed by atoms with E-state index in [1.165, 1.54) is 6.08 Å². The van der Waals surface area contributed by atoms with Crippen LogP contribution < -0.4 is 15.5 Å². The Morgan fingerprint density at radius 2 is 2.00 bits per heavy atom. The molecule has 194 valence electrons. The minimum absolute atomic E-state index is 0.267. The first-order chi connectivity index (χ1) is 18.5. The maximum absolute atomic E-state index is 11.6. The molecule has 5 aromatic rings. The molecule has 13 nitrogen and oxygen atoms in total. The number of aromatic nitrogens is 8. The van der Waals surface area contributed by atoms with Crippen molar-refractivity contribution in [1.82, 2.24) is 44.2 Å². The number of amides is 1. The highest BCUT2D eigenvalue weighted by atomic mass is 16.1. The van der Waals surface area contributed by atoms with E-state index in [4.69, 9.17) is 9.97 Å². The number of benzene rings is 1. The average molecular weight is 513 g/mol. The lowest BCUT2D eigenvalue weighted by molar-refractivity contribution is -0.111. The number of nitrogens with one attached hydrogen (secondary N) is 3. The third-order valence-corrected chi connectivity index (χ3v) is 6.55. The van der Waals surface area contributed by atoms with Gasteiger partial charge < -0.3 is 25.4 Å². The molecule has 6 rings (SSSR count). The number of rotatable bonds is 7. The summed E-state index contributed by atoms with van der Waals surface area (Å²) in [6, 6.07) is 5.52. The monoisotopic (exact) mass is 512 g/mol. The first-order valence-electron chi connectivity index (χ1n) is 12.3. The summed E-state index contributed by atoms with van der Waals surface area (Å²) in [5.41, 5.74) is 4.51. The van der Waals surface area contributed by atoms with Crippen LogP contribution >= 0.6 is 0 Å². The van der Waals surface area contributed by atoms with Crippen LogP contribution in [0.2, 0.25) is 0 Å². The zero-order chi connectivity index (χ0) is 26.2. The fourth-order valence-corrected chi connectivity index (χ4v) is 4.46. The van der Waals surface area contributed by atoms with Gasteiger partial charge in [-0.1, -0.05) is 6.58 Å². The molecule has 1 aromatic carbocycles. The molecule has 1 aliphatic heterocycles. The molecule has 1 aliphatic rings. The third kappa shape index (κ3) is 4.54. The lowest BCUT2D eigenvalue weighted by Crippen LogP contribution is -2.45. The number of fused-ring (bicyclic) bond motifs is 2. The van der Waals surface area contributed by atoms with Gasteiger partial charge >= 0.3 is 0 Å². The van der Waals surface area contributed by atoms with Crippen molar-refractivity contribution in [2.45, 2.75) is 6.54 Å². The summed E-state index contributed by atoms with van der Waals surface area (Å²) in [5, 5.41) is 10.5. The molecule has 0 atom stereocenters.